The van der Waals surface area contributed by atoms with Crippen LogP contribution in [0.15, 0.2) is 72.1 Å². The first-order valence-electron chi connectivity index (χ1n) is 7.69. The van der Waals surface area contributed by atoms with E-state index >= 15 is 0 Å². The molecule has 24 heavy (non-hydrogen) atoms. The van der Waals surface area contributed by atoms with Crippen molar-refractivity contribution in [2.75, 3.05) is 7.11 Å². The molecule has 0 amide bonds. The van der Waals surface area contributed by atoms with Crippen LogP contribution in [0.5, 0.6) is 5.75 Å². The fourth-order valence-electron chi connectivity index (χ4n) is 2.66. The molecule has 4 aromatic rings. The van der Waals surface area contributed by atoms with Crippen molar-refractivity contribution in [1.29, 1.82) is 0 Å². The van der Waals surface area contributed by atoms with Crippen molar-refractivity contribution in [2.45, 2.75) is 0 Å². The molecule has 0 saturated heterocycles. The molecule has 2 heterocycles. The summed E-state index contributed by atoms with van der Waals surface area (Å²) in [5, 5.41) is 2.08. The van der Waals surface area contributed by atoms with Gasteiger partial charge in [0.25, 0.3) is 0 Å². The minimum absolute atomic E-state index is 0.840. The highest BCUT2D eigenvalue weighted by atomic mass is 32.1. The van der Waals surface area contributed by atoms with E-state index in [9.17, 15) is 0 Å². The van der Waals surface area contributed by atoms with Crippen molar-refractivity contribution >= 4 is 11.3 Å². The van der Waals surface area contributed by atoms with Crippen molar-refractivity contribution < 1.29 is 4.74 Å². The summed E-state index contributed by atoms with van der Waals surface area (Å²) in [7, 11) is 1.67. The van der Waals surface area contributed by atoms with Crippen LogP contribution in [0, 0.1) is 0 Å². The Morgan fingerprint density at radius 2 is 1.67 bits per heavy atom. The molecule has 4 rings (SSSR count). The average molecular weight is 332 g/mol. The van der Waals surface area contributed by atoms with E-state index < -0.39 is 0 Å². The van der Waals surface area contributed by atoms with Gasteiger partial charge in [0, 0.05) is 11.1 Å². The molecular weight excluding hydrogens is 316 g/mol. The Morgan fingerprint density at radius 1 is 0.875 bits per heavy atom. The Balaban J connectivity index is 1.85. The molecule has 0 bridgehead atoms. The molecule has 0 aliphatic rings. The zero-order valence-corrected chi connectivity index (χ0v) is 14.0. The maximum Gasteiger partial charge on any atom is 0.138 e. The summed E-state index contributed by atoms with van der Waals surface area (Å²) in [6.45, 7) is 0. The normalized spacial score (nSPS) is 10.7. The van der Waals surface area contributed by atoms with E-state index in [1.165, 1.54) is 4.88 Å². The van der Waals surface area contributed by atoms with Crippen LogP contribution in [-0.4, -0.2) is 17.1 Å². The van der Waals surface area contributed by atoms with Gasteiger partial charge in [0.15, 0.2) is 0 Å². The maximum absolute atomic E-state index is 5.23. The summed E-state index contributed by atoms with van der Waals surface area (Å²) in [6.07, 6.45) is 0. The molecule has 0 aliphatic heterocycles. The molecule has 2 aromatic carbocycles. The smallest absolute Gasteiger partial charge is 0.138 e. The van der Waals surface area contributed by atoms with Crippen molar-refractivity contribution in [3.8, 4) is 39.0 Å². The molecular formula is C20H16N2OS. The number of aromatic nitrogens is 2. The van der Waals surface area contributed by atoms with Crippen molar-refractivity contribution in [2.24, 2.45) is 0 Å². The lowest BCUT2D eigenvalue weighted by molar-refractivity contribution is 0.415. The first-order valence-corrected chi connectivity index (χ1v) is 8.57. The third-order valence-corrected chi connectivity index (χ3v) is 4.77. The highest BCUT2D eigenvalue weighted by Crippen LogP contribution is 2.35. The number of ether oxygens (including phenoxy) is 1. The first kappa shape index (κ1) is 14.7. The van der Waals surface area contributed by atoms with Crippen LogP contribution >= 0.6 is 11.3 Å². The average Bonchev–Trinajstić information content (AvgIpc) is 3.32. The summed E-state index contributed by atoms with van der Waals surface area (Å²) in [4.78, 5) is 9.55. The predicted octanol–water partition coefficient (Wildman–Crippen LogP) is 5.48. The third kappa shape index (κ3) is 2.72. The van der Waals surface area contributed by atoms with E-state index in [-0.39, 0.29) is 0 Å². The molecule has 2 aromatic heterocycles. The Hall–Kier alpha value is -2.85. The van der Waals surface area contributed by atoms with Crippen LogP contribution < -0.4 is 4.74 Å². The van der Waals surface area contributed by atoms with E-state index in [2.05, 4.69) is 34.6 Å². The van der Waals surface area contributed by atoms with Crippen molar-refractivity contribution in [3.05, 3.63) is 72.1 Å². The van der Waals surface area contributed by atoms with Crippen LogP contribution in [-0.2, 0) is 0 Å². The fraction of sp³-hybridized carbons (Fsp3) is 0.0500. The molecule has 0 saturated carbocycles. The first-order chi connectivity index (χ1) is 11.8. The van der Waals surface area contributed by atoms with Gasteiger partial charge in [-0.05, 0) is 35.7 Å². The number of rotatable bonds is 4. The van der Waals surface area contributed by atoms with Crippen molar-refractivity contribution in [1.82, 2.24) is 9.97 Å². The predicted molar refractivity (Wildman–Crippen MR) is 99.3 cm³/mol. The molecule has 0 unspecified atom stereocenters. The highest BCUT2D eigenvalue weighted by Gasteiger charge is 2.15. The van der Waals surface area contributed by atoms with Gasteiger partial charge in [-0.3, -0.25) is 0 Å². The van der Waals surface area contributed by atoms with Gasteiger partial charge >= 0.3 is 0 Å². The van der Waals surface area contributed by atoms with E-state index in [4.69, 9.17) is 9.72 Å². The van der Waals surface area contributed by atoms with Gasteiger partial charge in [-0.1, -0.05) is 36.4 Å². The lowest BCUT2D eigenvalue weighted by atomic mass is 10.1. The van der Waals surface area contributed by atoms with E-state index in [0.29, 0.717) is 0 Å². The molecule has 118 valence electrons. The van der Waals surface area contributed by atoms with E-state index in [1.807, 2.05) is 42.5 Å². The van der Waals surface area contributed by atoms with Gasteiger partial charge in [0.2, 0.25) is 0 Å². The van der Waals surface area contributed by atoms with Crippen molar-refractivity contribution in [3.63, 3.8) is 0 Å². The molecule has 0 radical (unpaired) electrons. The van der Waals surface area contributed by atoms with E-state index in [0.717, 1.165) is 34.1 Å². The molecule has 1 N–H and O–H groups in total. The Bertz CT molecular complexity index is 926. The molecule has 0 spiro atoms. The quantitative estimate of drug-likeness (QED) is 0.537. The molecule has 0 fully saturated rings. The Labute approximate surface area is 144 Å². The third-order valence-electron chi connectivity index (χ3n) is 3.88. The zero-order chi connectivity index (χ0) is 16.4. The van der Waals surface area contributed by atoms with Crippen LogP contribution in [0.2, 0.25) is 0 Å². The molecule has 0 atom stereocenters. The van der Waals surface area contributed by atoms with Gasteiger partial charge in [-0.2, -0.15) is 0 Å². The summed E-state index contributed by atoms with van der Waals surface area (Å²) in [5.41, 5.74) is 4.18. The Kier molecular flexibility index (Phi) is 3.89. The summed E-state index contributed by atoms with van der Waals surface area (Å²) < 4.78 is 5.23. The standard InChI is InChI=1S/C20H16N2OS/c1-23-16-11-9-15(10-12-16)20-21-18(14-6-3-2-4-7-14)19(22-20)17-8-5-13-24-17/h2-13H,1H3,(H,21,22). The summed E-state index contributed by atoms with van der Waals surface area (Å²) in [5.74, 6) is 1.70. The summed E-state index contributed by atoms with van der Waals surface area (Å²) >= 11 is 1.71. The monoisotopic (exact) mass is 332 g/mol. The number of H-pyrrole nitrogens is 1. The van der Waals surface area contributed by atoms with Crippen LogP contribution in [0.1, 0.15) is 0 Å². The number of benzene rings is 2. The van der Waals surface area contributed by atoms with Crippen LogP contribution in [0.25, 0.3) is 33.2 Å². The minimum Gasteiger partial charge on any atom is -0.497 e. The van der Waals surface area contributed by atoms with Gasteiger partial charge in [0.1, 0.15) is 11.6 Å². The second kappa shape index (κ2) is 6.34. The number of nitrogens with zero attached hydrogens (tertiary/aromatic N) is 1. The van der Waals surface area contributed by atoms with Crippen LogP contribution in [0.3, 0.4) is 0 Å². The SMILES string of the molecule is COc1ccc(-c2nc(-c3ccccc3)c(-c3cccs3)[nH]2)cc1. The summed E-state index contributed by atoms with van der Waals surface area (Å²) in [6, 6.07) is 22.4. The number of imidazole rings is 1. The van der Waals surface area contributed by atoms with Crippen LogP contribution in [0.4, 0.5) is 0 Å². The highest BCUT2D eigenvalue weighted by molar-refractivity contribution is 7.13. The molecule has 0 aliphatic carbocycles. The van der Waals surface area contributed by atoms with Gasteiger partial charge in [-0.25, -0.2) is 4.98 Å². The van der Waals surface area contributed by atoms with Gasteiger partial charge in [-0.15, -0.1) is 11.3 Å². The van der Waals surface area contributed by atoms with Gasteiger partial charge < -0.3 is 9.72 Å². The van der Waals surface area contributed by atoms with Gasteiger partial charge in [0.05, 0.1) is 23.4 Å². The largest absolute Gasteiger partial charge is 0.497 e. The maximum atomic E-state index is 5.23. The Morgan fingerprint density at radius 3 is 2.33 bits per heavy atom. The molecule has 4 heteroatoms. The number of nitrogens with one attached hydrogen (secondary N) is 1. The lowest BCUT2D eigenvalue weighted by Crippen LogP contribution is -1.84. The second-order valence-electron chi connectivity index (χ2n) is 5.38. The second-order valence-corrected chi connectivity index (χ2v) is 6.33. The topological polar surface area (TPSA) is 37.9 Å². The lowest BCUT2D eigenvalue weighted by Gasteiger charge is -2.00. The number of methoxy groups -OCH3 is 1. The number of aromatic amines is 1. The number of thiophene rings is 1. The fourth-order valence-corrected chi connectivity index (χ4v) is 3.39. The zero-order valence-electron chi connectivity index (χ0n) is 13.2. The number of hydrogen-bond donors (Lipinski definition) is 1. The minimum atomic E-state index is 0.840. The van der Waals surface area contributed by atoms with E-state index in [1.54, 1.807) is 18.4 Å². The molecule has 3 nitrogen and oxygen atoms in total. The number of hydrogen-bond acceptors (Lipinski definition) is 3.